The third kappa shape index (κ3) is 4.95. The molecule has 2 aromatic rings. The molecule has 0 bridgehead atoms. The van der Waals surface area contributed by atoms with Crippen molar-refractivity contribution in [1.82, 2.24) is 0 Å². The van der Waals surface area contributed by atoms with Gasteiger partial charge in [0, 0.05) is 0 Å². The van der Waals surface area contributed by atoms with Crippen molar-refractivity contribution in [3.05, 3.63) is 74.8 Å². The van der Waals surface area contributed by atoms with Crippen molar-refractivity contribution in [2.45, 2.75) is 25.2 Å². The number of halogens is 8. The topological polar surface area (TPSA) is 0 Å². The number of hydrogen-bond acceptors (Lipinski definition) is 0. The highest BCUT2D eigenvalue weighted by molar-refractivity contribution is 6.42. The van der Waals surface area contributed by atoms with E-state index in [2.05, 4.69) is 0 Å². The monoisotopic (exact) mass is 412 g/mol. The predicted octanol–water partition coefficient (Wildman–Crippen LogP) is 7.68. The van der Waals surface area contributed by atoms with Crippen LogP contribution in [0.2, 0.25) is 10.0 Å². The number of alkyl halides is 6. The Morgan fingerprint density at radius 3 is 2.08 bits per heavy atom. The minimum Gasteiger partial charge on any atom is -0.170 e. The molecule has 0 N–H and O–H groups in total. The summed E-state index contributed by atoms with van der Waals surface area (Å²) in [6.45, 7) is 1.28. The number of aryl methyl sites for hydroxylation is 1. The van der Waals surface area contributed by atoms with Gasteiger partial charge in [-0.25, -0.2) is 0 Å². The summed E-state index contributed by atoms with van der Waals surface area (Å²) in [5.41, 5.74) is -1.05. The summed E-state index contributed by atoms with van der Waals surface area (Å²) >= 11 is 11.5. The Morgan fingerprint density at radius 2 is 1.54 bits per heavy atom. The van der Waals surface area contributed by atoms with Crippen molar-refractivity contribution in [2.75, 3.05) is 0 Å². The Morgan fingerprint density at radius 1 is 0.885 bits per heavy atom. The normalized spacial score (nSPS) is 14.0. The molecule has 0 fully saturated rings. The Balaban J connectivity index is 2.42. The van der Waals surface area contributed by atoms with Crippen LogP contribution in [0, 0.1) is 6.92 Å². The van der Waals surface area contributed by atoms with Gasteiger partial charge in [0.2, 0.25) is 0 Å². The molecule has 140 valence electrons. The second kappa shape index (κ2) is 7.53. The van der Waals surface area contributed by atoms with E-state index in [1.165, 1.54) is 31.2 Å². The number of benzene rings is 2. The lowest BCUT2D eigenvalue weighted by Gasteiger charge is -2.18. The van der Waals surface area contributed by atoms with Crippen molar-refractivity contribution in [3.8, 4) is 0 Å². The summed E-state index contributed by atoms with van der Waals surface area (Å²) in [7, 11) is 0. The van der Waals surface area contributed by atoms with Gasteiger partial charge in [-0.05, 0) is 41.8 Å². The third-order valence-electron chi connectivity index (χ3n) is 3.70. The molecule has 0 aliphatic carbocycles. The smallest absolute Gasteiger partial charge is 0.170 e. The minimum absolute atomic E-state index is 0.00787. The van der Waals surface area contributed by atoms with Gasteiger partial charge in [0.25, 0.3) is 0 Å². The maximum atomic E-state index is 13.4. The van der Waals surface area contributed by atoms with Crippen LogP contribution in [0.25, 0.3) is 6.08 Å². The van der Waals surface area contributed by atoms with Crippen molar-refractivity contribution >= 4 is 29.3 Å². The molecule has 0 amide bonds. The van der Waals surface area contributed by atoms with Crippen LogP contribution in [0.1, 0.15) is 28.2 Å². The molecule has 0 radical (unpaired) electrons. The Bertz CT molecular complexity index is 821. The van der Waals surface area contributed by atoms with E-state index in [0.29, 0.717) is 0 Å². The largest absolute Gasteiger partial charge is 0.416 e. The van der Waals surface area contributed by atoms with E-state index in [4.69, 9.17) is 23.2 Å². The standard InChI is InChI=1S/C18H12Cl2F6/c1-10-2-3-11(8-14(10)18(24,25)26)4-6-13(17(21,22)23)12-5-7-15(19)16(20)9-12/h2-9,13H,1H3/b6-4+. The fourth-order valence-electron chi connectivity index (χ4n) is 2.37. The molecular weight excluding hydrogens is 401 g/mol. The van der Waals surface area contributed by atoms with E-state index >= 15 is 0 Å². The van der Waals surface area contributed by atoms with Gasteiger partial charge in [-0.1, -0.05) is 53.6 Å². The molecule has 2 aromatic carbocycles. The predicted molar refractivity (Wildman–Crippen MR) is 90.5 cm³/mol. The van der Waals surface area contributed by atoms with Crippen molar-refractivity contribution in [3.63, 3.8) is 0 Å². The van der Waals surface area contributed by atoms with Crippen molar-refractivity contribution in [1.29, 1.82) is 0 Å². The van der Waals surface area contributed by atoms with Crippen LogP contribution in [0.5, 0.6) is 0 Å². The molecule has 8 heteroatoms. The molecule has 1 atom stereocenters. The van der Waals surface area contributed by atoms with Gasteiger partial charge in [0.15, 0.2) is 0 Å². The third-order valence-corrected chi connectivity index (χ3v) is 4.44. The van der Waals surface area contributed by atoms with E-state index in [0.717, 1.165) is 24.3 Å². The fraction of sp³-hybridized carbons (Fsp3) is 0.222. The highest BCUT2D eigenvalue weighted by atomic mass is 35.5. The van der Waals surface area contributed by atoms with Crippen LogP contribution < -0.4 is 0 Å². The molecule has 0 aromatic heterocycles. The Labute approximate surface area is 156 Å². The quantitative estimate of drug-likeness (QED) is 0.453. The zero-order valence-electron chi connectivity index (χ0n) is 13.2. The fourth-order valence-corrected chi connectivity index (χ4v) is 2.68. The van der Waals surface area contributed by atoms with Gasteiger partial charge in [-0.15, -0.1) is 0 Å². The Kier molecular flexibility index (Phi) is 5.98. The van der Waals surface area contributed by atoms with Crippen LogP contribution in [0.15, 0.2) is 42.5 Å². The van der Waals surface area contributed by atoms with Crippen molar-refractivity contribution in [2.24, 2.45) is 0 Å². The summed E-state index contributed by atoms with van der Waals surface area (Å²) in [4.78, 5) is 0. The van der Waals surface area contributed by atoms with Gasteiger partial charge in [-0.3, -0.25) is 0 Å². The maximum absolute atomic E-state index is 13.4. The average Bonchev–Trinajstić information content (AvgIpc) is 2.50. The van der Waals surface area contributed by atoms with Gasteiger partial charge in [0.05, 0.1) is 21.5 Å². The maximum Gasteiger partial charge on any atom is 0.416 e. The summed E-state index contributed by atoms with van der Waals surface area (Å²) < 4.78 is 78.9. The van der Waals surface area contributed by atoms with E-state index in [1.54, 1.807) is 0 Å². The molecule has 0 heterocycles. The van der Waals surface area contributed by atoms with Crippen LogP contribution in [0.4, 0.5) is 26.3 Å². The lowest BCUT2D eigenvalue weighted by molar-refractivity contribution is -0.139. The number of rotatable bonds is 3. The molecular formula is C18H12Cl2F6. The second-order valence-corrected chi connectivity index (χ2v) is 6.44. The molecule has 0 nitrogen and oxygen atoms in total. The molecule has 0 aliphatic heterocycles. The molecule has 1 unspecified atom stereocenters. The van der Waals surface area contributed by atoms with Crippen LogP contribution >= 0.6 is 23.2 Å². The first-order valence-electron chi connectivity index (χ1n) is 7.27. The molecule has 0 spiro atoms. The summed E-state index contributed by atoms with van der Waals surface area (Å²) in [6, 6.07) is 6.84. The van der Waals surface area contributed by atoms with E-state index in [9.17, 15) is 26.3 Å². The summed E-state index contributed by atoms with van der Waals surface area (Å²) in [5.74, 6) is -2.03. The molecule has 0 saturated carbocycles. The zero-order chi connectivity index (χ0) is 19.7. The van der Waals surface area contributed by atoms with Crippen LogP contribution in [-0.2, 0) is 6.18 Å². The van der Waals surface area contributed by atoms with Gasteiger partial charge in [-0.2, -0.15) is 26.3 Å². The first-order chi connectivity index (χ1) is 11.9. The highest BCUT2D eigenvalue weighted by Gasteiger charge is 2.39. The average molecular weight is 413 g/mol. The van der Waals surface area contributed by atoms with E-state index in [-0.39, 0.29) is 26.7 Å². The van der Waals surface area contributed by atoms with Crippen LogP contribution in [0.3, 0.4) is 0 Å². The second-order valence-electron chi connectivity index (χ2n) is 5.62. The highest BCUT2D eigenvalue weighted by Crippen LogP contribution is 2.39. The van der Waals surface area contributed by atoms with Crippen molar-refractivity contribution < 1.29 is 26.3 Å². The first-order valence-corrected chi connectivity index (χ1v) is 8.03. The van der Waals surface area contributed by atoms with E-state index < -0.39 is 23.8 Å². The van der Waals surface area contributed by atoms with E-state index in [1.807, 2.05) is 0 Å². The molecule has 26 heavy (non-hydrogen) atoms. The van der Waals surface area contributed by atoms with Gasteiger partial charge in [0.1, 0.15) is 0 Å². The van der Waals surface area contributed by atoms with Gasteiger partial charge >= 0.3 is 12.4 Å². The first kappa shape index (κ1) is 20.6. The Hall–Kier alpha value is -1.66. The number of allylic oxidation sites excluding steroid dienone is 1. The molecule has 0 aliphatic rings. The minimum atomic E-state index is -4.65. The van der Waals surface area contributed by atoms with Gasteiger partial charge < -0.3 is 0 Å². The zero-order valence-corrected chi connectivity index (χ0v) is 14.7. The summed E-state index contributed by atoms with van der Waals surface area (Å²) in [5, 5.41) is 0.0650. The van der Waals surface area contributed by atoms with Crippen LogP contribution in [-0.4, -0.2) is 6.18 Å². The lowest BCUT2D eigenvalue weighted by Crippen LogP contribution is -2.18. The SMILES string of the molecule is Cc1ccc(/C=C/C(c2ccc(Cl)c(Cl)c2)C(F)(F)F)cc1C(F)(F)F. The molecule has 2 rings (SSSR count). The number of hydrogen-bond donors (Lipinski definition) is 0. The summed E-state index contributed by atoms with van der Waals surface area (Å²) in [6.07, 6.45) is -7.42. The lowest BCUT2D eigenvalue weighted by atomic mass is 9.96. The molecule has 0 saturated heterocycles.